The fourth-order valence-electron chi connectivity index (χ4n) is 3.59. The van der Waals surface area contributed by atoms with Gasteiger partial charge in [0.25, 0.3) is 0 Å². The number of carbonyl (C=O) groups is 2. The van der Waals surface area contributed by atoms with Crippen molar-refractivity contribution in [3.8, 4) is 11.5 Å². The van der Waals surface area contributed by atoms with E-state index in [1.54, 1.807) is 35.2 Å². The number of ether oxygens (including phenoxy) is 2. The van der Waals surface area contributed by atoms with Crippen LogP contribution in [0.15, 0.2) is 47.4 Å². The van der Waals surface area contributed by atoms with Gasteiger partial charge in [0, 0.05) is 36.8 Å². The number of nitrogens with one attached hydrogen (secondary N) is 2. The lowest BCUT2D eigenvalue weighted by Crippen LogP contribution is -2.41. The summed E-state index contributed by atoms with van der Waals surface area (Å²) in [6, 6.07) is 10.2. The maximum Gasteiger partial charge on any atom is 0.242 e. The van der Waals surface area contributed by atoms with Gasteiger partial charge in [0.2, 0.25) is 21.8 Å². The zero-order valence-electron chi connectivity index (χ0n) is 17.7. The van der Waals surface area contributed by atoms with Crippen LogP contribution in [0.5, 0.6) is 11.5 Å². The SMILES string of the molecule is C[C@H](NS(=O)(=O)c1ccc2c(c1)OCCCO2)C(=O)Nc1cccc(N2CCCC2=O)c1. The van der Waals surface area contributed by atoms with E-state index in [-0.39, 0.29) is 10.8 Å². The van der Waals surface area contributed by atoms with Gasteiger partial charge in [-0.25, -0.2) is 8.42 Å². The van der Waals surface area contributed by atoms with Gasteiger partial charge in [-0.3, -0.25) is 9.59 Å². The number of fused-ring (bicyclic) bond motifs is 1. The second-order valence-electron chi connectivity index (χ2n) is 7.69. The number of amides is 2. The summed E-state index contributed by atoms with van der Waals surface area (Å²) in [6.07, 6.45) is 2.02. The average molecular weight is 460 g/mol. The average Bonchev–Trinajstić information content (AvgIpc) is 3.05. The van der Waals surface area contributed by atoms with Crippen molar-refractivity contribution in [1.29, 1.82) is 0 Å². The molecule has 0 saturated carbocycles. The highest BCUT2D eigenvalue weighted by Gasteiger charge is 2.25. The molecule has 1 atom stereocenters. The zero-order valence-corrected chi connectivity index (χ0v) is 18.5. The molecular formula is C22H25N3O6S. The highest BCUT2D eigenvalue weighted by molar-refractivity contribution is 7.89. The molecule has 2 amide bonds. The number of anilines is 2. The minimum absolute atomic E-state index is 0.0176. The Bertz CT molecular complexity index is 1130. The summed E-state index contributed by atoms with van der Waals surface area (Å²) in [4.78, 5) is 26.2. The first-order valence-electron chi connectivity index (χ1n) is 10.5. The number of benzene rings is 2. The van der Waals surface area contributed by atoms with Crippen LogP contribution in [0.3, 0.4) is 0 Å². The first kappa shape index (κ1) is 22.1. The van der Waals surface area contributed by atoms with Gasteiger partial charge in [0.1, 0.15) is 0 Å². The summed E-state index contributed by atoms with van der Waals surface area (Å²) in [5, 5.41) is 2.70. The molecule has 32 heavy (non-hydrogen) atoms. The molecular weight excluding hydrogens is 434 g/mol. The molecule has 0 spiro atoms. The molecule has 170 valence electrons. The molecule has 9 nitrogen and oxygen atoms in total. The Kier molecular flexibility index (Phi) is 6.33. The molecule has 2 aromatic carbocycles. The predicted octanol–water partition coefficient (Wildman–Crippen LogP) is 2.28. The monoisotopic (exact) mass is 459 g/mol. The molecule has 1 fully saturated rings. The van der Waals surface area contributed by atoms with E-state index in [1.807, 2.05) is 0 Å². The Hall–Kier alpha value is -3.11. The molecule has 2 heterocycles. The third kappa shape index (κ3) is 4.86. The summed E-state index contributed by atoms with van der Waals surface area (Å²) in [7, 11) is -3.97. The number of rotatable bonds is 6. The number of nitrogens with zero attached hydrogens (tertiary/aromatic N) is 1. The van der Waals surface area contributed by atoms with E-state index in [0.29, 0.717) is 55.5 Å². The minimum atomic E-state index is -3.97. The topological polar surface area (TPSA) is 114 Å². The summed E-state index contributed by atoms with van der Waals surface area (Å²) in [6.45, 7) is 3.04. The van der Waals surface area contributed by atoms with Gasteiger partial charge in [-0.2, -0.15) is 4.72 Å². The van der Waals surface area contributed by atoms with Crippen LogP contribution in [0.2, 0.25) is 0 Å². The number of hydrogen-bond acceptors (Lipinski definition) is 6. The molecule has 4 rings (SSSR count). The van der Waals surface area contributed by atoms with Gasteiger partial charge in [0.05, 0.1) is 24.2 Å². The predicted molar refractivity (Wildman–Crippen MR) is 118 cm³/mol. The maximum atomic E-state index is 12.8. The zero-order chi connectivity index (χ0) is 22.7. The largest absolute Gasteiger partial charge is 0.490 e. The number of sulfonamides is 1. The van der Waals surface area contributed by atoms with Crippen LogP contribution < -0.4 is 24.4 Å². The molecule has 1 saturated heterocycles. The fraction of sp³-hybridized carbons (Fsp3) is 0.364. The van der Waals surface area contributed by atoms with E-state index in [2.05, 4.69) is 10.0 Å². The van der Waals surface area contributed by atoms with Gasteiger partial charge in [-0.15, -0.1) is 0 Å². The van der Waals surface area contributed by atoms with Crippen molar-refractivity contribution >= 4 is 33.2 Å². The van der Waals surface area contributed by atoms with Gasteiger partial charge in [0.15, 0.2) is 11.5 Å². The molecule has 0 aromatic heterocycles. The van der Waals surface area contributed by atoms with E-state index in [9.17, 15) is 18.0 Å². The van der Waals surface area contributed by atoms with E-state index < -0.39 is 22.0 Å². The first-order valence-corrected chi connectivity index (χ1v) is 11.9. The van der Waals surface area contributed by atoms with Crippen molar-refractivity contribution < 1.29 is 27.5 Å². The van der Waals surface area contributed by atoms with E-state index in [4.69, 9.17) is 9.47 Å². The molecule has 0 bridgehead atoms. The third-order valence-electron chi connectivity index (χ3n) is 5.25. The Balaban J connectivity index is 1.43. The Morgan fingerprint density at radius 1 is 1.06 bits per heavy atom. The van der Waals surface area contributed by atoms with Crippen LogP contribution in [0.25, 0.3) is 0 Å². The second-order valence-corrected chi connectivity index (χ2v) is 9.40. The Labute approximate surface area is 186 Å². The number of carbonyl (C=O) groups excluding carboxylic acids is 2. The van der Waals surface area contributed by atoms with Gasteiger partial charge in [-0.05, 0) is 43.7 Å². The van der Waals surface area contributed by atoms with E-state index >= 15 is 0 Å². The van der Waals surface area contributed by atoms with Crippen molar-refractivity contribution in [3.05, 3.63) is 42.5 Å². The van der Waals surface area contributed by atoms with Crippen molar-refractivity contribution in [1.82, 2.24) is 4.72 Å². The van der Waals surface area contributed by atoms with E-state index in [1.165, 1.54) is 19.1 Å². The summed E-state index contributed by atoms with van der Waals surface area (Å²) < 4.78 is 39.1. The maximum absolute atomic E-state index is 12.8. The molecule has 2 aliphatic rings. The molecule has 0 unspecified atom stereocenters. The molecule has 0 radical (unpaired) electrons. The quantitative estimate of drug-likeness (QED) is 0.685. The third-order valence-corrected chi connectivity index (χ3v) is 6.79. The number of hydrogen-bond donors (Lipinski definition) is 2. The Morgan fingerprint density at radius 2 is 1.84 bits per heavy atom. The van der Waals surface area contributed by atoms with Crippen molar-refractivity contribution in [2.45, 2.75) is 37.1 Å². The molecule has 2 aliphatic heterocycles. The summed E-state index contributed by atoms with van der Waals surface area (Å²) in [5.74, 6) is 0.372. The van der Waals surface area contributed by atoms with Crippen LogP contribution in [0.1, 0.15) is 26.2 Å². The van der Waals surface area contributed by atoms with Crippen LogP contribution in [0, 0.1) is 0 Å². The molecule has 0 aliphatic carbocycles. The van der Waals surface area contributed by atoms with Crippen LogP contribution in [-0.4, -0.2) is 46.0 Å². The highest BCUT2D eigenvalue weighted by Crippen LogP contribution is 2.32. The van der Waals surface area contributed by atoms with Gasteiger partial charge in [-0.1, -0.05) is 6.07 Å². The van der Waals surface area contributed by atoms with Gasteiger partial charge < -0.3 is 19.7 Å². The fourth-order valence-corrected chi connectivity index (χ4v) is 4.81. The molecule has 2 aromatic rings. The smallest absolute Gasteiger partial charge is 0.242 e. The second kappa shape index (κ2) is 9.17. The lowest BCUT2D eigenvalue weighted by atomic mass is 10.2. The first-order chi connectivity index (χ1) is 15.3. The van der Waals surface area contributed by atoms with Crippen molar-refractivity contribution in [2.24, 2.45) is 0 Å². The van der Waals surface area contributed by atoms with Crippen LogP contribution in [-0.2, 0) is 19.6 Å². The summed E-state index contributed by atoms with van der Waals surface area (Å²) in [5.41, 5.74) is 1.18. The molecule has 2 N–H and O–H groups in total. The standard InChI is InChI=1S/C22H25N3O6S/c1-15(22(27)23-16-5-2-6-17(13-16)25-10-3-7-21(25)26)24-32(28,29)18-8-9-19-20(14-18)31-12-4-11-30-19/h2,5-6,8-9,13-15,24H,3-4,7,10-12H2,1H3,(H,23,27)/t15-/m0/s1. The highest BCUT2D eigenvalue weighted by atomic mass is 32.2. The van der Waals surface area contributed by atoms with Crippen LogP contribution in [0.4, 0.5) is 11.4 Å². The van der Waals surface area contributed by atoms with E-state index in [0.717, 1.165) is 6.42 Å². The van der Waals surface area contributed by atoms with Crippen molar-refractivity contribution in [2.75, 3.05) is 30.0 Å². The van der Waals surface area contributed by atoms with Gasteiger partial charge >= 0.3 is 0 Å². The summed E-state index contributed by atoms with van der Waals surface area (Å²) >= 11 is 0. The lowest BCUT2D eigenvalue weighted by molar-refractivity contribution is -0.117. The molecule has 10 heteroatoms. The normalized spacial score (nSPS) is 17.0. The van der Waals surface area contributed by atoms with Crippen molar-refractivity contribution in [3.63, 3.8) is 0 Å². The minimum Gasteiger partial charge on any atom is -0.490 e. The Morgan fingerprint density at radius 3 is 2.59 bits per heavy atom. The lowest BCUT2D eigenvalue weighted by Gasteiger charge is -2.18. The van der Waals surface area contributed by atoms with Crippen LogP contribution >= 0.6 is 0 Å².